The van der Waals surface area contributed by atoms with Crippen molar-refractivity contribution in [3.63, 3.8) is 0 Å². The first-order valence-electron chi connectivity index (χ1n) is 3.65. The Morgan fingerprint density at radius 1 is 1.42 bits per heavy atom. The lowest BCUT2D eigenvalue weighted by atomic mass is 9.98. The van der Waals surface area contributed by atoms with E-state index in [1.807, 2.05) is 0 Å². The van der Waals surface area contributed by atoms with Crippen molar-refractivity contribution in [3.05, 3.63) is 9.81 Å². The van der Waals surface area contributed by atoms with Gasteiger partial charge in [0.15, 0.2) is 0 Å². The fourth-order valence-corrected chi connectivity index (χ4v) is 1.19. The second-order valence-corrected chi connectivity index (χ2v) is 2.80. The molecule has 1 rings (SSSR count). The number of nitrogens with zero attached hydrogens (tertiary/aromatic N) is 2. The van der Waals surface area contributed by atoms with Crippen molar-refractivity contribution in [2.75, 3.05) is 6.61 Å². The number of rotatable bonds is 2. The summed E-state index contributed by atoms with van der Waals surface area (Å²) in [5, 5.41) is 14.7. The number of nitroso groups, excluding NO2 is 2. The van der Waals surface area contributed by atoms with E-state index in [1.54, 1.807) is 6.92 Å². The zero-order chi connectivity index (χ0) is 9.14. The standard InChI is InChI=1S/C6H10N2O4/c1-3-5(8-11)6(9)4(7-10)2-12-3/h3-6,9H,2H2,1H3. The van der Waals surface area contributed by atoms with Gasteiger partial charge in [-0.25, -0.2) is 0 Å². The minimum absolute atomic E-state index is 0.0534. The topological polar surface area (TPSA) is 88.3 Å². The quantitative estimate of drug-likeness (QED) is 0.598. The molecular weight excluding hydrogens is 164 g/mol. The van der Waals surface area contributed by atoms with Crippen molar-refractivity contribution in [1.29, 1.82) is 0 Å². The molecule has 4 unspecified atom stereocenters. The summed E-state index contributed by atoms with van der Waals surface area (Å²) >= 11 is 0. The van der Waals surface area contributed by atoms with E-state index in [4.69, 9.17) is 4.74 Å². The highest BCUT2D eigenvalue weighted by molar-refractivity contribution is 4.93. The van der Waals surface area contributed by atoms with Crippen molar-refractivity contribution in [2.45, 2.75) is 31.2 Å². The molecule has 1 saturated heterocycles. The zero-order valence-electron chi connectivity index (χ0n) is 6.58. The molecule has 0 spiro atoms. The number of hydrogen-bond acceptors (Lipinski definition) is 6. The summed E-state index contributed by atoms with van der Waals surface area (Å²) in [5.41, 5.74) is 0. The maximum atomic E-state index is 10.2. The third kappa shape index (κ3) is 1.49. The summed E-state index contributed by atoms with van der Waals surface area (Å²) in [6.45, 7) is 1.67. The van der Waals surface area contributed by atoms with Gasteiger partial charge < -0.3 is 9.84 Å². The lowest BCUT2D eigenvalue weighted by molar-refractivity contribution is -0.0635. The average molecular weight is 174 g/mol. The average Bonchev–Trinajstić information content (AvgIpc) is 2.06. The third-order valence-electron chi connectivity index (χ3n) is 2.01. The van der Waals surface area contributed by atoms with Crippen molar-refractivity contribution in [2.24, 2.45) is 10.4 Å². The molecule has 0 aromatic carbocycles. The molecule has 0 saturated carbocycles. The lowest BCUT2D eigenvalue weighted by Gasteiger charge is -2.31. The largest absolute Gasteiger partial charge is 0.388 e. The molecule has 4 atom stereocenters. The van der Waals surface area contributed by atoms with Crippen LogP contribution in [0.15, 0.2) is 10.4 Å². The second-order valence-electron chi connectivity index (χ2n) is 2.80. The van der Waals surface area contributed by atoms with Crippen LogP contribution in [0.25, 0.3) is 0 Å². The van der Waals surface area contributed by atoms with Crippen LogP contribution >= 0.6 is 0 Å². The van der Waals surface area contributed by atoms with Gasteiger partial charge in [-0.05, 0) is 6.92 Å². The Morgan fingerprint density at radius 2 is 2.08 bits per heavy atom. The van der Waals surface area contributed by atoms with E-state index < -0.39 is 24.3 Å². The van der Waals surface area contributed by atoms with Crippen LogP contribution in [0.1, 0.15) is 6.92 Å². The summed E-state index contributed by atoms with van der Waals surface area (Å²) < 4.78 is 5.01. The fraction of sp³-hybridized carbons (Fsp3) is 1.00. The summed E-state index contributed by atoms with van der Waals surface area (Å²) in [6, 6.07) is -1.76. The van der Waals surface area contributed by atoms with Crippen LogP contribution in [0.2, 0.25) is 0 Å². The molecule has 1 aliphatic rings. The predicted molar refractivity (Wildman–Crippen MR) is 40.6 cm³/mol. The molecule has 6 nitrogen and oxygen atoms in total. The van der Waals surface area contributed by atoms with Gasteiger partial charge >= 0.3 is 0 Å². The summed E-state index contributed by atoms with van der Waals surface area (Å²) in [7, 11) is 0. The van der Waals surface area contributed by atoms with Crippen molar-refractivity contribution in [1.82, 2.24) is 0 Å². The van der Waals surface area contributed by atoms with Gasteiger partial charge in [0.05, 0.1) is 12.7 Å². The molecule has 0 aliphatic carbocycles. The Kier molecular flexibility index (Phi) is 2.83. The second kappa shape index (κ2) is 3.68. The minimum atomic E-state index is -1.11. The van der Waals surface area contributed by atoms with Gasteiger partial charge in [0.1, 0.15) is 18.2 Å². The van der Waals surface area contributed by atoms with Crippen molar-refractivity contribution in [3.8, 4) is 0 Å². The molecule has 1 fully saturated rings. The number of hydrogen-bond donors (Lipinski definition) is 1. The van der Waals surface area contributed by atoms with E-state index >= 15 is 0 Å². The Hall–Kier alpha value is -0.880. The molecule has 0 radical (unpaired) electrons. The van der Waals surface area contributed by atoms with E-state index in [0.29, 0.717) is 0 Å². The van der Waals surface area contributed by atoms with E-state index in [2.05, 4.69) is 10.4 Å². The van der Waals surface area contributed by atoms with Crippen LogP contribution in [0, 0.1) is 9.81 Å². The third-order valence-corrected chi connectivity index (χ3v) is 2.01. The van der Waals surface area contributed by atoms with Crippen molar-refractivity contribution >= 4 is 0 Å². The highest BCUT2D eigenvalue weighted by Gasteiger charge is 2.39. The van der Waals surface area contributed by atoms with E-state index in [1.165, 1.54) is 0 Å². The maximum absolute atomic E-state index is 10.2. The zero-order valence-corrected chi connectivity index (χ0v) is 6.58. The van der Waals surface area contributed by atoms with Gasteiger partial charge in [-0.1, -0.05) is 10.4 Å². The molecule has 1 aliphatic heterocycles. The molecular formula is C6H10N2O4. The van der Waals surface area contributed by atoms with Crippen LogP contribution in [0.3, 0.4) is 0 Å². The van der Waals surface area contributed by atoms with Crippen LogP contribution in [-0.4, -0.2) is 36.0 Å². The molecule has 0 bridgehead atoms. The van der Waals surface area contributed by atoms with Gasteiger partial charge in [-0.15, -0.1) is 0 Å². The Labute approximate surface area is 68.9 Å². The number of aliphatic hydroxyl groups is 1. The molecule has 1 N–H and O–H groups in total. The minimum Gasteiger partial charge on any atom is -0.388 e. The SMILES string of the molecule is CC1OCC(N=O)C(O)C1N=O. The van der Waals surface area contributed by atoms with Gasteiger partial charge in [0.2, 0.25) is 0 Å². The van der Waals surface area contributed by atoms with E-state index in [0.717, 1.165) is 0 Å². The van der Waals surface area contributed by atoms with Gasteiger partial charge in [0, 0.05) is 0 Å². The molecule has 0 amide bonds. The summed E-state index contributed by atoms with van der Waals surface area (Å²) in [4.78, 5) is 20.3. The number of aliphatic hydroxyl groups excluding tert-OH is 1. The lowest BCUT2D eigenvalue weighted by Crippen LogP contribution is -2.49. The first-order valence-corrected chi connectivity index (χ1v) is 3.65. The van der Waals surface area contributed by atoms with Crippen LogP contribution in [-0.2, 0) is 4.74 Å². The highest BCUT2D eigenvalue weighted by atomic mass is 16.5. The van der Waals surface area contributed by atoms with Gasteiger partial charge in [-0.2, -0.15) is 9.81 Å². The molecule has 68 valence electrons. The Morgan fingerprint density at radius 3 is 2.58 bits per heavy atom. The molecule has 0 aromatic heterocycles. The van der Waals surface area contributed by atoms with E-state index in [9.17, 15) is 14.9 Å². The maximum Gasteiger partial charge on any atom is 0.146 e. The van der Waals surface area contributed by atoms with Crippen LogP contribution < -0.4 is 0 Å². The highest BCUT2D eigenvalue weighted by Crippen LogP contribution is 2.19. The summed E-state index contributed by atoms with van der Waals surface area (Å²) in [6.07, 6.45) is -1.56. The first-order chi connectivity index (χ1) is 5.70. The van der Waals surface area contributed by atoms with E-state index in [-0.39, 0.29) is 6.61 Å². The molecule has 6 heteroatoms. The Bertz CT molecular complexity index is 186. The fourth-order valence-electron chi connectivity index (χ4n) is 1.19. The summed E-state index contributed by atoms with van der Waals surface area (Å²) in [5.74, 6) is 0. The monoisotopic (exact) mass is 174 g/mol. The first kappa shape index (κ1) is 9.21. The molecule has 1 heterocycles. The Balaban J connectivity index is 2.68. The van der Waals surface area contributed by atoms with Crippen LogP contribution in [0.4, 0.5) is 0 Å². The van der Waals surface area contributed by atoms with Gasteiger partial charge in [-0.3, -0.25) is 0 Å². The molecule has 12 heavy (non-hydrogen) atoms. The smallest absolute Gasteiger partial charge is 0.146 e. The van der Waals surface area contributed by atoms with Crippen LogP contribution in [0.5, 0.6) is 0 Å². The normalized spacial score (nSPS) is 42.2. The van der Waals surface area contributed by atoms with Gasteiger partial charge in [0.25, 0.3) is 0 Å². The predicted octanol–water partition coefficient (Wildman–Crippen LogP) is 0.0360. The molecule has 0 aromatic rings. The number of ether oxygens (including phenoxy) is 1. The van der Waals surface area contributed by atoms with Crippen molar-refractivity contribution < 1.29 is 9.84 Å².